The normalized spacial score (nSPS) is 31.0. The van der Waals surface area contributed by atoms with Gasteiger partial charge in [-0.15, -0.1) is 0 Å². The second-order valence-electron chi connectivity index (χ2n) is 4.96. The number of hydrogen-bond donors (Lipinski definition) is 1. The highest BCUT2D eigenvalue weighted by Crippen LogP contribution is 2.59. The zero-order valence-electron chi connectivity index (χ0n) is 10.6. The molecule has 1 heterocycles. The van der Waals surface area contributed by atoms with Crippen molar-refractivity contribution in [3.8, 4) is 5.75 Å². The van der Waals surface area contributed by atoms with E-state index in [0.717, 1.165) is 5.56 Å². The van der Waals surface area contributed by atoms with Gasteiger partial charge in [-0.05, 0) is 6.07 Å². The molecule has 1 aliphatic rings. The summed E-state index contributed by atoms with van der Waals surface area (Å²) in [5.41, 5.74) is 0.341. The van der Waals surface area contributed by atoms with Gasteiger partial charge in [0, 0.05) is 11.0 Å². The van der Waals surface area contributed by atoms with E-state index in [1.54, 1.807) is 13.2 Å². The summed E-state index contributed by atoms with van der Waals surface area (Å²) < 4.78 is 26.9. The van der Waals surface area contributed by atoms with E-state index in [1.807, 2.05) is 32.0 Å². The van der Waals surface area contributed by atoms with Gasteiger partial charge >= 0.3 is 7.82 Å². The van der Waals surface area contributed by atoms with Gasteiger partial charge in [0.05, 0.1) is 13.7 Å². The molecule has 18 heavy (non-hydrogen) atoms. The van der Waals surface area contributed by atoms with E-state index in [-0.39, 0.29) is 6.61 Å². The highest BCUT2D eigenvalue weighted by molar-refractivity contribution is 7.47. The van der Waals surface area contributed by atoms with E-state index >= 15 is 0 Å². The van der Waals surface area contributed by atoms with Crippen LogP contribution in [0.25, 0.3) is 0 Å². The van der Waals surface area contributed by atoms with Crippen molar-refractivity contribution >= 4 is 7.82 Å². The molecule has 6 heteroatoms. The van der Waals surface area contributed by atoms with Crippen molar-refractivity contribution in [1.82, 2.24) is 0 Å². The largest absolute Gasteiger partial charge is 0.496 e. The average Bonchev–Trinajstić information content (AvgIpc) is 2.33. The summed E-state index contributed by atoms with van der Waals surface area (Å²) in [7, 11) is -2.41. The molecule has 0 aromatic heterocycles. The van der Waals surface area contributed by atoms with Crippen LogP contribution in [0.15, 0.2) is 24.3 Å². The van der Waals surface area contributed by atoms with Crippen LogP contribution in [0.5, 0.6) is 5.75 Å². The monoisotopic (exact) mass is 272 g/mol. The molecule has 2 atom stereocenters. The van der Waals surface area contributed by atoms with E-state index in [0.29, 0.717) is 5.75 Å². The molecule has 0 amide bonds. The second kappa shape index (κ2) is 4.67. The number of methoxy groups -OCH3 is 1. The Bertz CT molecular complexity index is 485. The van der Waals surface area contributed by atoms with Crippen molar-refractivity contribution in [2.24, 2.45) is 5.41 Å². The van der Waals surface area contributed by atoms with Crippen molar-refractivity contribution in [2.45, 2.75) is 20.0 Å². The first kappa shape index (κ1) is 13.6. The van der Waals surface area contributed by atoms with Crippen LogP contribution in [-0.2, 0) is 13.6 Å². The Morgan fingerprint density at radius 2 is 2.11 bits per heavy atom. The Morgan fingerprint density at radius 3 is 2.78 bits per heavy atom. The molecule has 2 rings (SSSR count). The summed E-state index contributed by atoms with van der Waals surface area (Å²) in [5.74, 6) is 0.637. The number of phosphoric acid groups is 1. The molecule has 1 N–H and O–H groups in total. The molecule has 1 fully saturated rings. The molecule has 100 valence electrons. The molecule has 0 bridgehead atoms. The predicted molar refractivity (Wildman–Crippen MR) is 66.4 cm³/mol. The van der Waals surface area contributed by atoms with Crippen LogP contribution >= 0.6 is 7.82 Å². The maximum atomic E-state index is 11.6. The molecule has 1 aromatic rings. The van der Waals surface area contributed by atoms with Crippen molar-refractivity contribution < 1.29 is 23.2 Å². The summed E-state index contributed by atoms with van der Waals surface area (Å²) >= 11 is 0. The summed E-state index contributed by atoms with van der Waals surface area (Å²) in [5, 5.41) is 0. The van der Waals surface area contributed by atoms with Gasteiger partial charge in [-0.1, -0.05) is 32.0 Å². The molecular formula is C12H17O5P. The third kappa shape index (κ3) is 2.59. The van der Waals surface area contributed by atoms with Crippen molar-refractivity contribution in [1.29, 1.82) is 0 Å². The minimum atomic E-state index is -3.97. The number of rotatable bonds is 2. The number of para-hydroxylation sites is 1. The van der Waals surface area contributed by atoms with Crippen molar-refractivity contribution in [3.63, 3.8) is 0 Å². The van der Waals surface area contributed by atoms with Crippen LogP contribution in [-0.4, -0.2) is 18.6 Å². The molecule has 0 spiro atoms. The van der Waals surface area contributed by atoms with Crippen LogP contribution < -0.4 is 4.74 Å². The Morgan fingerprint density at radius 1 is 1.44 bits per heavy atom. The zero-order chi connectivity index (χ0) is 13.4. The first-order valence-electron chi connectivity index (χ1n) is 5.64. The van der Waals surface area contributed by atoms with Gasteiger partial charge in [0.25, 0.3) is 0 Å². The van der Waals surface area contributed by atoms with Crippen LogP contribution in [0.3, 0.4) is 0 Å². The summed E-state index contributed by atoms with van der Waals surface area (Å²) in [6.07, 6.45) is -0.543. The van der Waals surface area contributed by atoms with Gasteiger partial charge in [0.2, 0.25) is 0 Å². The molecule has 5 nitrogen and oxygen atoms in total. The van der Waals surface area contributed by atoms with Crippen LogP contribution in [0.4, 0.5) is 0 Å². The van der Waals surface area contributed by atoms with Gasteiger partial charge in [0.15, 0.2) is 0 Å². The van der Waals surface area contributed by atoms with E-state index < -0.39 is 19.3 Å². The fourth-order valence-electron chi connectivity index (χ4n) is 1.99. The lowest BCUT2D eigenvalue weighted by Gasteiger charge is -2.39. The predicted octanol–water partition coefficient (Wildman–Crippen LogP) is 2.91. The Balaban J connectivity index is 2.43. The number of benzene rings is 1. The number of ether oxygens (including phenoxy) is 1. The van der Waals surface area contributed by atoms with Crippen LogP contribution in [0.2, 0.25) is 0 Å². The second-order valence-corrected chi connectivity index (χ2v) is 6.36. The minimum Gasteiger partial charge on any atom is -0.496 e. The quantitative estimate of drug-likeness (QED) is 0.838. The molecule has 0 saturated carbocycles. The summed E-state index contributed by atoms with van der Waals surface area (Å²) in [6.45, 7) is 4.00. The highest BCUT2D eigenvalue weighted by atomic mass is 31.2. The first-order chi connectivity index (χ1) is 8.36. The smallest absolute Gasteiger partial charge is 0.472 e. The Kier molecular flexibility index (Phi) is 3.52. The molecule has 1 saturated heterocycles. The van der Waals surface area contributed by atoms with Crippen molar-refractivity contribution in [2.75, 3.05) is 13.7 Å². The van der Waals surface area contributed by atoms with Gasteiger partial charge in [-0.2, -0.15) is 0 Å². The van der Waals surface area contributed by atoms with Crippen molar-refractivity contribution in [3.05, 3.63) is 29.8 Å². The molecule has 1 aliphatic heterocycles. The third-order valence-corrected chi connectivity index (χ3v) is 3.90. The summed E-state index contributed by atoms with van der Waals surface area (Å²) in [4.78, 5) is 9.47. The fraction of sp³-hybridized carbons (Fsp3) is 0.500. The first-order valence-corrected chi connectivity index (χ1v) is 7.14. The van der Waals surface area contributed by atoms with Gasteiger partial charge in [0.1, 0.15) is 11.9 Å². The van der Waals surface area contributed by atoms with E-state index in [1.165, 1.54) is 0 Å². The van der Waals surface area contributed by atoms with Gasteiger partial charge < -0.3 is 9.63 Å². The Labute approximate surface area is 106 Å². The zero-order valence-corrected chi connectivity index (χ0v) is 11.5. The van der Waals surface area contributed by atoms with Gasteiger partial charge in [-0.25, -0.2) is 4.57 Å². The standard InChI is InChI=1S/C12H17O5P/c1-12(2)8-16-18(13,14)17-11(12)9-6-4-5-7-10(9)15-3/h4-7,11H,8H2,1-3H3,(H,13,14). The van der Waals surface area contributed by atoms with Crippen LogP contribution in [0, 0.1) is 5.41 Å². The fourth-order valence-corrected chi connectivity index (χ4v) is 3.21. The third-order valence-electron chi connectivity index (χ3n) is 2.97. The highest BCUT2D eigenvalue weighted by Gasteiger charge is 2.45. The maximum absolute atomic E-state index is 11.6. The lowest BCUT2D eigenvalue weighted by Crippen LogP contribution is -2.33. The van der Waals surface area contributed by atoms with Gasteiger partial charge in [-0.3, -0.25) is 9.05 Å². The minimum absolute atomic E-state index is 0.156. The lowest BCUT2D eigenvalue weighted by atomic mass is 9.83. The summed E-state index contributed by atoms with van der Waals surface area (Å²) in [6, 6.07) is 7.31. The Hall–Kier alpha value is -0.870. The molecular weight excluding hydrogens is 255 g/mol. The molecule has 1 aromatic carbocycles. The number of phosphoric ester groups is 1. The molecule has 0 aliphatic carbocycles. The van der Waals surface area contributed by atoms with E-state index in [9.17, 15) is 9.46 Å². The van der Waals surface area contributed by atoms with E-state index in [4.69, 9.17) is 13.8 Å². The van der Waals surface area contributed by atoms with E-state index in [2.05, 4.69) is 0 Å². The molecule has 0 radical (unpaired) electrons. The molecule has 2 unspecified atom stereocenters. The average molecular weight is 272 g/mol. The lowest BCUT2D eigenvalue weighted by molar-refractivity contribution is -0.0480. The topological polar surface area (TPSA) is 65.0 Å². The SMILES string of the molecule is COc1ccccc1C1OP(=O)(O)OCC1(C)C. The number of hydrogen-bond acceptors (Lipinski definition) is 4. The van der Waals surface area contributed by atoms with Crippen LogP contribution in [0.1, 0.15) is 25.5 Å². The maximum Gasteiger partial charge on any atom is 0.472 e.